The van der Waals surface area contributed by atoms with Gasteiger partial charge in [-0.2, -0.15) is 0 Å². The molecule has 2 fully saturated rings. The molecular weight excluding hydrogens is 248 g/mol. The number of nitrogens with zero attached hydrogens (tertiary/aromatic N) is 3. The van der Waals surface area contributed by atoms with Crippen molar-refractivity contribution in [2.24, 2.45) is 5.92 Å². The van der Waals surface area contributed by atoms with E-state index in [2.05, 4.69) is 33.6 Å². The number of aromatic nitrogens is 2. The third-order valence-electron chi connectivity index (χ3n) is 4.90. The molecule has 0 spiro atoms. The molecule has 0 radical (unpaired) electrons. The van der Waals surface area contributed by atoms with E-state index in [1.807, 2.05) is 12.5 Å². The lowest BCUT2D eigenvalue weighted by atomic mass is 9.90. The zero-order chi connectivity index (χ0) is 13.9. The average Bonchev–Trinajstić information content (AvgIpc) is 3.10. The van der Waals surface area contributed by atoms with E-state index in [9.17, 15) is 0 Å². The third kappa shape index (κ3) is 3.07. The topological polar surface area (TPSA) is 33.1 Å². The van der Waals surface area contributed by atoms with Crippen molar-refractivity contribution < 1.29 is 0 Å². The van der Waals surface area contributed by atoms with Gasteiger partial charge in [-0.05, 0) is 58.5 Å². The highest BCUT2D eigenvalue weighted by atomic mass is 15.2. The Bertz CT molecular complexity index is 420. The second-order valence-electron chi connectivity index (χ2n) is 6.73. The molecule has 0 aliphatic carbocycles. The van der Waals surface area contributed by atoms with Crippen LogP contribution in [0.25, 0.3) is 0 Å². The normalized spacial score (nSPS) is 28.4. The van der Waals surface area contributed by atoms with Crippen molar-refractivity contribution in [2.45, 2.75) is 58.2 Å². The van der Waals surface area contributed by atoms with Gasteiger partial charge in [0.05, 0.1) is 12.0 Å². The molecule has 1 aromatic heterocycles. The monoisotopic (exact) mass is 276 g/mol. The summed E-state index contributed by atoms with van der Waals surface area (Å²) in [6, 6.07) is 1.28. The van der Waals surface area contributed by atoms with Crippen molar-refractivity contribution in [1.29, 1.82) is 0 Å². The summed E-state index contributed by atoms with van der Waals surface area (Å²) in [7, 11) is 0. The molecule has 2 unspecified atom stereocenters. The Kier molecular flexibility index (Phi) is 4.41. The number of imidazole rings is 1. The van der Waals surface area contributed by atoms with Crippen molar-refractivity contribution in [2.75, 3.05) is 19.6 Å². The number of hydrogen-bond donors (Lipinski definition) is 1. The van der Waals surface area contributed by atoms with Gasteiger partial charge < -0.3 is 9.88 Å². The summed E-state index contributed by atoms with van der Waals surface area (Å²) in [5.74, 6) is 0.849. The van der Waals surface area contributed by atoms with Gasteiger partial charge in [0.1, 0.15) is 0 Å². The number of nitrogens with one attached hydrogen (secondary N) is 1. The fraction of sp³-hybridized carbons (Fsp3) is 0.812. The summed E-state index contributed by atoms with van der Waals surface area (Å²) in [6.07, 6.45) is 9.50. The van der Waals surface area contributed by atoms with E-state index >= 15 is 0 Å². The highest BCUT2D eigenvalue weighted by Gasteiger charge is 2.29. The molecule has 2 saturated heterocycles. The molecule has 4 heteroatoms. The van der Waals surface area contributed by atoms with Crippen LogP contribution in [0.15, 0.2) is 12.5 Å². The van der Waals surface area contributed by atoms with Crippen LogP contribution in [0, 0.1) is 5.92 Å². The SMILES string of the molecule is CC(C)n1cncc1CN1CCCC(C2CCCN2)C1. The smallest absolute Gasteiger partial charge is 0.0951 e. The molecular formula is C16H28N4. The molecule has 112 valence electrons. The molecule has 2 aliphatic rings. The lowest BCUT2D eigenvalue weighted by Crippen LogP contribution is -2.43. The molecule has 1 aromatic rings. The van der Waals surface area contributed by atoms with E-state index in [-0.39, 0.29) is 0 Å². The van der Waals surface area contributed by atoms with E-state index in [0.29, 0.717) is 6.04 Å². The second-order valence-corrected chi connectivity index (χ2v) is 6.73. The Labute approximate surface area is 122 Å². The van der Waals surface area contributed by atoms with Crippen LogP contribution in [0.2, 0.25) is 0 Å². The first-order valence-electron chi connectivity index (χ1n) is 8.20. The van der Waals surface area contributed by atoms with Gasteiger partial charge in [-0.3, -0.25) is 4.90 Å². The molecule has 2 aliphatic heterocycles. The van der Waals surface area contributed by atoms with Crippen LogP contribution in [0.5, 0.6) is 0 Å². The Morgan fingerprint density at radius 2 is 2.25 bits per heavy atom. The standard InChI is InChI=1S/C16H28N4/c1-13(2)20-12-17-9-15(20)11-19-8-4-5-14(10-19)16-6-3-7-18-16/h9,12-14,16,18H,3-8,10-11H2,1-2H3. The minimum atomic E-state index is 0.504. The summed E-state index contributed by atoms with van der Waals surface area (Å²) in [4.78, 5) is 6.96. The van der Waals surface area contributed by atoms with Crippen molar-refractivity contribution >= 4 is 0 Å². The molecule has 0 aromatic carbocycles. The van der Waals surface area contributed by atoms with Crippen LogP contribution in [-0.4, -0.2) is 40.1 Å². The first-order valence-corrected chi connectivity index (χ1v) is 8.20. The van der Waals surface area contributed by atoms with Crippen LogP contribution >= 0.6 is 0 Å². The lowest BCUT2D eigenvalue weighted by molar-refractivity contribution is 0.142. The van der Waals surface area contributed by atoms with Gasteiger partial charge in [-0.15, -0.1) is 0 Å². The van der Waals surface area contributed by atoms with Gasteiger partial charge in [-0.25, -0.2) is 4.98 Å². The predicted octanol–water partition coefficient (Wildman–Crippen LogP) is 2.43. The van der Waals surface area contributed by atoms with Crippen LogP contribution in [0.3, 0.4) is 0 Å². The van der Waals surface area contributed by atoms with Crippen molar-refractivity contribution in [3.05, 3.63) is 18.2 Å². The van der Waals surface area contributed by atoms with Crippen LogP contribution in [-0.2, 0) is 6.54 Å². The lowest BCUT2D eigenvalue weighted by Gasteiger charge is -2.36. The Hall–Kier alpha value is -0.870. The minimum Gasteiger partial charge on any atom is -0.331 e. The van der Waals surface area contributed by atoms with Crippen LogP contribution < -0.4 is 5.32 Å². The van der Waals surface area contributed by atoms with E-state index in [0.717, 1.165) is 18.5 Å². The quantitative estimate of drug-likeness (QED) is 0.917. The second kappa shape index (κ2) is 6.27. The van der Waals surface area contributed by atoms with Crippen LogP contribution in [0.1, 0.15) is 51.3 Å². The average molecular weight is 276 g/mol. The van der Waals surface area contributed by atoms with E-state index < -0.39 is 0 Å². The largest absolute Gasteiger partial charge is 0.331 e. The molecule has 0 amide bonds. The minimum absolute atomic E-state index is 0.504. The maximum absolute atomic E-state index is 4.33. The molecule has 3 rings (SSSR count). The van der Waals surface area contributed by atoms with Crippen molar-refractivity contribution in [3.63, 3.8) is 0 Å². The Morgan fingerprint density at radius 3 is 3.00 bits per heavy atom. The maximum atomic E-state index is 4.33. The molecule has 20 heavy (non-hydrogen) atoms. The Morgan fingerprint density at radius 1 is 1.35 bits per heavy atom. The number of piperidine rings is 1. The molecule has 1 N–H and O–H groups in total. The fourth-order valence-corrected chi connectivity index (χ4v) is 3.83. The van der Waals surface area contributed by atoms with E-state index in [4.69, 9.17) is 0 Å². The summed E-state index contributed by atoms with van der Waals surface area (Å²) in [5, 5.41) is 3.69. The molecule has 3 heterocycles. The first-order chi connectivity index (χ1) is 9.74. The van der Waals surface area contributed by atoms with Gasteiger partial charge >= 0.3 is 0 Å². The molecule has 0 saturated carbocycles. The van der Waals surface area contributed by atoms with Gasteiger partial charge in [0.15, 0.2) is 0 Å². The number of rotatable bonds is 4. The Balaban J connectivity index is 1.60. The van der Waals surface area contributed by atoms with Crippen molar-refractivity contribution in [1.82, 2.24) is 19.8 Å². The summed E-state index contributed by atoms with van der Waals surface area (Å²) in [5.41, 5.74) is 1.36. The number of hydrogen-bond acceptors (Lipinski definition) is 3. The van der Waals surface area contributed by atoms with Gasteiger partial charge in [-0.1, -0.05) is 0 Å². The molecule has 4 nitrogen and oxygen atoms in total. The van der Waals surface area contributed by atoms with E-state index in [1.54, 1.807) is 0 Å². The maximum Gasteiger partial charge on any atom is 0.0951 e. The van der Waals surface area contributed by atoms with Gasteiger partial charge in [0.25, 0.3) is 0 Å². The fourth-order valence-electron chi connectivity index (χ4n) is 3.83. The molecule has 2 atom stereocenters. The molecule has 0 bridgehead atoms. The van der Waals surface area contributed by atoms with Gasteiger partial charge in [0, 0.05) is 31.4 Å². The summed E-state index contributed by atoms with van der Waals surface area (Å²) in [6.45, 7) is 9.23. The van der Waals surface area contributed by atoms with Crippen LogP contribution in [0.4, 0.5) is 0 Å². The van der Waals surface area contributed by atoms with Crippen molar-refractivity contribution in [3.8, 4) is 0 Å². The predicted molar refractivity (Wildman–Crippen MR) is 81.6 cm³/mol. The summed E-state index contributed by atoms with van der Waals surface area (Å²) >= 11 is 0. The highest BCUT2D eigenvalue weighted by Crippen LogP contribution is 2.25. The summed E-state index contributed by atoms with van der Waals surface area (Å²) < 4.78 is 2.30. The third-order valence-corrected chi connectivity index (χ3v) is 4.90. The number of likely N-dealkylation sites (tertiary alicyclic amines) is 1. The zero-order valence-electron chi connectivity index (χ0n) is 12.9. The highest BCUT2D eigenvalue weighted by molar-refractivity contribution is 5.00. The van der Waals surface area contributed by atoms with Gasteiger partial charge in [0.2, 0.25) is 0 Å². The van der Waals surface area contributed by atoms with E-state index in [1.165, 1.54) is 51.0 Å². The zero-order valence-corrected chi connectivity index (χ0v) is 12.9. The first kappa shape index (κ1) is 14.1.